The molecule has 0 aliphatic carbocycles. The summed E-state index contributed by atoms with van der Waals surface area (Å²) in [7, 11) is 0. The highest BCUT2D eigenvalue weighted by Crippen LogP contribution is 1.69. The smallest absolute Gasteiger partial charge is 0.335 e. The molecule has 1 N–H and O–H groups in total. The van der Waals surface area contributed by atoms with Crippen molar-refractivity contribution in [2.75, 3.05) is 13.2 Å². The monoisotopic (exact) mass is 131 g/mol. The van der Waals surface area contributed by atoms with Crippen LogP contribution in [0, 0.1) is 0 Å². The highest BCUT2D eigenvalue weighted by molar-refractivity contribution is 5.72. The first-order chi connectivity index (χ1) is 4.31. The Morgan fingerprint density at radius 3 is 2.78 bits per heavy atom. The molecule has 0 saturated carbocycles. The van der Waals surface area contributed by atoms with Crippen LogP contribution in [0.5, 0.6) is 0 Å². The number of carbonyl (C=O) groups is 1. The van der Waals surface area contributed by atoms with E-state index in [1.54, 1.807) is 6.92 Å². The molecule has 0 spiro atoms. The van der Waals surface area contributed by atoms with Gasteiger partial charge in [0.1, 0.15) is 0 Å². The third-order valence-corrected chi connectivity index (χ3v) is 0.605. The Hall–Kier alpha value is -0.770. The van der Waals surface area contributed by atoms with Crippen molar-refractivity contribution in [3.05, 3.63) is 0 Å². The SMILES string of the molecule is CCNC(=O)[N]OCC. The zero-order chi connectivity index (χ0) is 7.11. The van der Waals surface area contributed by atoms with E-state index in [4.69, 9.17) is 0 Å². The quantitative estimate of drug-likeness (QED) is 0.559. The van der Waals surface area contributed by atoms with Crippen molar-refractivity contribution in [3.8, 4) is 0 Å². The molecule has 0 rings (SSSR count). The fourth-order valence-corrected chi connectivity index (χ4v) is 0.307. The normalized spacial score (nSPS) is 8.67. The Bertz CT molecular complexity index is 85.0. The third-order valence-electron chi connectivity index (χ3n) is 0.605. The van der Waals surface area contributed by atoms with Crippen LogP contribution < -0.4 is 10.8 Å². The Balaban J connectivity index is 3.06. The van der Waals surface area contributed by atoms with E-state index in [9.17, 15) is 4.79 Å². The number of amides is 2. The molecule has 2 amide bonds. The average Bonchev–Trinajstić information content (AvgIpc) is 1.85. The van der Waals surface area contributed by atoms with E-state index in [1.807, 2.05) is 6.92 Å². The maximum Gasteiger partial charge on any atom is 0.363 e. The van der Waals surface area contributed by atoms with Gasteiger partial charge in [-0.25, -0.2) is 9.63 Å². The van der Waals surface area contributed by atoms with Gasteiger partial charge in [-0.3, -0.25) is 0 Å². The molecule has 0 saturated heterocycles. The minimum Gasteiger partial charge on any atom is -0.335 e. The summed E-state index contributed by atoms with van der Waals surface area (Å²) in [6, 6.07) is -0.417. The number of hydrogen-bond acceptors (Lipinski definition) is 2. The van der Waals surface area contributed by atoms with Gasteiger partial charge >= 0.3 is 6.03 Å². The van der Waals surface area contributed by atoms with E-state index in [0.717, 1.165) is 0 Å². The summed E-state index contributed by atoms with van der Waals surface area (Å²) in [4.78, 5) is 14.9. The van der Waals surface area contributed by atoms with Crippen LogP contribution in [0.3, 0.4) is 0 Å². The first-order valence-corrected chi connectivity index (χ1v) is 2.92. The second-order valence-electron chi connectivity index (χ2n) is 1.34. The van der Waals surface area contributed by atoms with Gasteiger partial charge in [-0.1, -0.05) is 5.48 Å². The minimum atomic E-state index is -0.417. The van der Waals surface area contributed by atoms with Gasteiger partial charge in [0, 0.05) is 6.54 Å². The lowest BCUT2D eigenvalue weighted by molar-refractivity contribution is 0.0637. The average molecular weight is 131 g/mol. The lowest BCUT2D eigenvalue weighted by atomic mass is 10.7. The zero-order valence-corrected chi connectivity index (χ0v) is 5.68. The summed E-state index contributed by atoms with van der Waals surface area (Å²) in [6.07, 6.45) is 0. The number of rotatable bonds is 3. The van der Waals surface area contributed by atoms with Crippen molar-refractivity contribution in [3.63, 3.8) is 0 Å². The molecule has 0 aliphatic rings. The summed E-state index contributed by atoms with van der Waals surface area (Å²) < 4.78 is 0. The first-order valence-electron chi connectivity index (χ1n) is 2.92. The first kappa shape index (κ1) is 8.23. The molecule has 9 heavy (non-hydrogen) atoms. The van der Waals surface area contributed by atoms with Crippen molar-refractivity contribution < 1.29 is 9.63 Å². The van der Waals surface area contributed by atoms with E-state index in [-0.39, 0.29) is 0 Å². The molecule has 53 valence electrons. The van der Waals surface area contributed by atoms with Gasteiger partial charge in [-0.2, -0.15) is 0 Å². The molecule has 0 aliphatic heterocycles. The fourth-order valence-electron chi connectivity index (χ4n) is 0.307. The summed E-state index contributed by atoms with van der Waals surface area (Å²) in [6.45, 7) is 4.59. The van der Waals surface area contributed by atoms with Crippen molar-refractivity contribution in [2.24, 2.45) is 0 Å². The van der Waals surface area contributed by atoms with Crippen molar-refractivity contribution in [2.45, 2.75) is 13.8 Å². The summed E-state index contributed by atoms with van der Waals surface area (Å²) in [5.41, 5.74) is 3.18. The molecule has 0 fully saturated rings. The number of urea groups is 1. The molecule has 0 atom stereocenters. The standard InChI is InChI=1S/C5H11N2O2/c1-3-6-5(8)7-9-4-2/h3-4H2,1-2H3,(H,6,8). The van der Waals surface area contributed by atoms with Gasteiger partial charge in [-0.15, -0.1) is 0 Å². The number of hydroxylamine groups is 1. The Kier molecular flexibility index (Phi) is 4.91. The molecule has 0 aromatic heterocycles. The Labute approximate surface area is 54.5 Å². The van der Waals surface area contributed by atoms with E-state index in [0.29, 0.717) is 13.2 Å². The molecule has 4 nitrogen and oxygen atoms in total. The molecule has 0 aromatic rings. The second-order valence-corrected chi connectivity index (χ2v) is 1.34. The van der Waals surface area contributed by atoms with Gasteiger partial charge in [0.05, 0.1) is 6.61 Å². The van der Waals surface area contributed by atoms with Crippen molar-refractivity contribution in [1.82, 2.24) is 10.8 Å². The number of nitrogens with one attached hydrogen (secondary N) is 1. The molecule has 4 heteroatoms. The van der Waals surface area contributed by atoms with Gasteiger partial charge in [0.25, 0.3) is 0 Å². The van der Waals surface area contributed by atoms with Gasteiger partial charge < -0.3 is 5.32 Å². The van der Waals surface area contributed by atoms with Crippen LogP contribution in [0.2, 0.25) is 0 Å². The van der Waals surface area contributed by atoms with Crippen molar-refractivity contribution in [1.29, 1.82) is 0 Å². The molecule has 1 radical (unpaired) electrons. The predicted molar refractivity (Wildman–Crippen MR) is 32.8 cm³/mol. The van der Waals surface area contributed by atoms with Crippen LogP contribution in [0.1, 0.15) is 13.8 Å². The molecular weight excluding hydrogens is 120 g/mol. The van der Waals surface area contributed by atoms with Crippen LogP contribution in [-0.2, 0) is 4.84 Å². The second kappa shape index (κ2) is 5.37. The summed E-state index contributed by atoms with van der Waals surface area (Å²) in [5, 5.41) is 2.45. The zero-order valence-electron chi connectivity index (χ0n) is 5.68. The molecule has 0 bridgehead atoms. The van der Waals surface area contributed by atoms with E-state index >= 15 is 0 Å². The molecule has 0 heterocycles. The Morgan fingerprint density at radius 1 is 1.67 bits per heavy atom. The lowest BCUT2D eigenvalue weighted by Gasteiger charge is -1.98. The molecular formula is C5H11N2O2. The maximum absolute atomic E-state index is 10.4. The number of nitrogens with zero attached hydrogens (tertiary/aromatic N) is 1. The van der Waals surface area contributed by atoms with Crippen LogP contribution in [-0.4, -0.2) is 19.2 Å². The number of carbonyl (C=O) groups excluding carboxylic acids is 1. The summed E-state index contributed by atoms with van der Waals surface area (Å²) in [5.74, 6) is 0. The highest BCUT2D eigenvalue weighted by Gasteiger charge is 1.96. The minimum absolute atomic E-state index is 0.417. The van der Waals surface area contributed by atoms with E-state index in [2.05, 4.69) is 15.6 Å². The third kappa shape index (κ3) is 5.10. The highest BCUT2D eigenvalue weighted by atomic mass is 16.7. The number of hydrogen-bond donors (Lipinski definition) is 1. The molecule has 0 aromatic carbocycles. The largest absolute Gasteiger partial charge is 0.363 e. The molecule has 0 unspecified atom stereocenters. The van der Waals surface area contributed by atoms with Crippen LogP contribution >= 0.6 is 0 Å². The van der Waals surface area contributed by atoms with E-state index in [1.165, 1.54) is 0 Å². The van der Waals surface area contributed by atoms with Gasteiger partial charge in [0.2, 0.25) is 0 Å². The lowest BCUT2D eigenvalue weighted by Crippen LogP contribution is -2.30. The van der Waals surface area contributed by atoms with Crippen LogP contribution in [0.4, 0.5) is 4.79 Å². The maximum atomic E-state index is 10.4. The predicted octanol–water partition coefficient (Wildman–Crippen LogP) is 0.272. The fraction of sp³-hybridized carbons (Fsp3) is 0.800. The van der Waals surface area contributed by atoms with Gasteiger partial charge in [0.15, 0.2) is 0 Å². The van der Waals surface area contributed by atoms with E-state index < -0.39 is 6.03 Å². The Morgan fingerprint density at radius 2 is 2.33 bits per heavy atom. The van der Waals surface area contributed by atoms with Gasteiger partial charge in [-0.05, 0) is 13.8 Å². The topological polar surface area (TPSA) is 52.4 Å². The van der Waals surface area contributed by atoms with Crippen LogP contribution in [0.25, 0.3) is 0 Å². The van der Waals surface area contributed by atoms with Crippen molar-refractivity contribution >= 4 is 6.03 Å². The van der Waals surface area contributed by atoms with Crippen LogP contribution in [0.15, 0.2) is 0 Å². The summed E-state index contributed by atoms with van der Waals surface area (Å²) >= 11 is 0.